The van der Waals surface area contributed by atoms with Gasteiger partial charge in [-0.05, 0) is 6.08 Å². The maximum atomic E-state index is 10.4. The summed E-state index contributed by atoms with van der Waals surface area (Å²) >= 11 is 0. The number of fused-ring (bicyclic) bond motifs is 1. The first-order valence-electron chi connectivity index (χ1n) is 3.24. The van der Waals surface area contributed by atoms with Gasteiger partial charge in [0.05, 0.1) is 0 Å². The molecule has 1 aliphatic carbocycles. The smallest absolute Gasteiger partial charge is 0.148 e. The third kappa shape index (κ3) is 0.877. The van der Waals surface area contributed by atoms with Crippen LogP contribution < -0.4 is 5.48 Å². The van der Waals surface area contributed by atoms with Gasteiger partial charge in [-0.1, -0.05) is 17.3 Å². The van der Waals surface area contributed by atoms with Crippen molar-refractivity contribution in [3.8, 4) is 0 Å². The molecule has 1 N–H and O–H groups in total. The molecule has 0 saturated heterocycles. The van der Waals surface area contributed by atoms with E-state index >= 15 is 0 Å². The van der Waals surface area contributed by atoms with E-state index in [9.17, 15) is 4.79 Å². The van der Waals surface area contributed by atoms with Gasteiger partial charge in [0.1, 0.15) is 18.0 Å². The van der Waals surface area contributed by atoms with Gasteiger partial charge >= 0.3 is 0 Å². The minimum absolute atomic E-state index is 0.169. The average Bonchev–Trinajstić information content (AvgIpc) is 2.50. The third-order valence-corrected chi connectivity index (χ3v) is 1.64. The third-order valence-electron chi connectivity index (χ3n) is 1.64. The molecule has 1 aliphatic heterocycles. The molecule has 0 aromatic rings. The Morgan fingerprint density at radius 2 is 2.64 bits per heavy atom. The topological polar surface area (TPSA) is 50.7 Å². The SMILES string of the molecule is O=CC1=CC=CC2=NON[C@H]12. The average molecular weight is 150 g/mol. The van der Waals surface area contributed by atoms with Crippen molar-refractivity contribution in [3.63, 3.8) is 0 Å². The van der Waals surface area contributed by atoms with Crippen molar-refractivity contribution in [3.05, 3.63) is 23.8 Å². The van der Waals surface area contributed by atoms with Gasteiger partial charge in [0.25, 0.3) is 0 Å². The van der Waals surface area contributed by atoms with E-state index in [1.54, 1.807) is 18.2 Å². The molecule has 0 unspecified atom stereocenters. The summed E-state index contributed by atoms with van der Waals surface area (Å²) in [4.78, 5) is 15.1. The number of hydrogen-bond donors (Lipinski definition) is 1. The van der Waals surface area contributed by atoms with Gasteiger partial charge in [-0.25, -0.2) is 0 Å². The minimum Gasteiger partial charge on any atom is -0.298 e. The Hall–Kier alpha value is -1.42. The predicted octanol–water partition coefficient (Wildman–Crippen LogP) is -0.0591. The first kappa shape index (κ1) is 6.30. The molecule has 0 aromatic heterocycles. The van der Waals surface area contributed by atoms with Crippen LogP contribution in [-0.2, 0) is 9.73 Å². The summed E-state index contributed by atoms with van der Waals surface area (Å²) in [6.07, 6.45) is 6.11. The van der Waals surface area contributed by atoms with Gasteiger partial charge in [0.15, 0.2) is 0 Å². The quantitative estimate of drug-likeness (QED) is 0.533. The summed E-state index contributed by atoms with van der Waals surface area (Å²) in [7, 11) is 0. The fraction of sp³-hybridized carbons (Fsp3) is 0.143. The van der Waals surface area contributed by atoms with Crippen LogP contribution in [0.5, 0.6) is 0 Å². The molecule has 4 heteroatoms. The van der Waals surface area contributed by atoms with Crippen molar-refractivity contribution < 1.29 is 9.73 Å². The number of nitrogens with one attached hydrogen (secondary N) is 1. The van der Waals surface area contributed by atoms with E-state index in [4.69, 9.17) is 0 Å². The summed E-state index contributed by atoms with van der Waals surface area (Å²) in [5.74, 6) is 0. The molecule has 11 heavy (non-hydrogen) atoms. The maximum absolute atomic E-state index is 10.4. The fourth-order valence-corrected chi connectivity index (χ4v) is 1.07. The number of rotatable bonds is 1. The number of hydrogen-bond acceptors (Lipinski definition) is 4. The van der Waals surface area contributed by atoms with Crippen LogP contribution in [-0.4, -0.2) is 18.0 Å². The lowest BCUT2D eigenvalue weighted by molar-refractivity contribution is -0.105. The van der Waals surface area contributed by atoms with Crippen LogP contribution in [0.3, 0.4) is 0 Å². The Bertz CT molecular complexity index is 278. The van der Waals surface area contributed by atoms with Crippen molar-refractivity contribution in [1.29, 1.82) is 0 Å². The number of nitrogens with zero attached hydrogens (tertiary/aromatic N) is 1. The zero-order valence-electron chi connectivity index (χ0n) is 5.65. The summed E-state index contributed by atoms with van der Waals surface area (Å²) in [5.41, 5.74) is 3.99. The zero-order valence-corrected chi connectivity index (χ0v) is 5.65. The molecule has 0 aromatic carbocycles. The number of hydroxylamine groups is 1. The van der Waals surface area contributed by atoms with E-state index in [1.165, 1.54) is 0 Å². The van der Waals surface area contributed by atoms with Gasteiger partial charge in [0, 0.05) is 5.57 Å². The molecular formula is C7H6N2O2. The maximum Gasteiger partial charge on any atom is 0.148 e. The summed E-state index contributed by atoms with van der Waals surface area (Å²) in [6.45, 7) is 0. The summed E-state index contributed by atoms with van der Waals surface area (Å²) < 4.78 is 0. The molecule has 0 radical (unpaired) electrons. The Morgan fingerprint density at radius 1 is 1.73 bits per heavy atom. The van der Waals surface area contributed by atoms with Crippen LogP contribution in [0.25, 0.3) is 0 Å². The highest BCUT2D eigenvalue weighted by Gasteiger charge is 2.26. The standard InChI is InChI=1S/C7H6N2O2/c10-4-5-2-1-3-6-7(5)9-11-8-6/h1-4,7,9H/t7-/m1/s1. The van der Waals surface area contributed by atoms with Crippen LogP contribution in [0.15, 0.2) is 29.0 Å². The second kappa shape index (κ2) is 2.32. The number of carbonyl (C=O) groups is 1. The van der Waals surface area contributed by atoms with E-state index < -0.39 is 0 Å². The normalized spacial score (nSPS) is 26.7. The molecule has 56 valence electrons. The molecule has 0 amide bonds. The molecule has 0 spiro atoms. The van der Waals surface area contributed by atoms with Gasteiger partial charge in [-0.3, -0.25) is 9.73 Å². The molecule has 2 aliphatic rings. The predicted molar refractivity (Wildman–Crippen MR) is 38.7 cm³/mol. The van der Waals surface area contributed by atoms with Crippen molar-refractivity contribution in [2.24, 2.45) is 5.16 Å². The molecule has 0 saturated carbocycles. The first-order valence-corrected chi connectivity index (χ1v) is 3.24. The van der Waals surface area contributed by atoms with Gasteiger partial charge in [-0.2, -0.15) is 0 Å². The zero-order chi connectivity index (χ0) is 7.68. The lowest BCUT2D eigenvalue weighted by Crippen LogP contribution is -2.32. The first-order chi connectivity index (χ1) is 5.42. The highest BCUT2D eigenvalue weighted by atomic mass is 16.8. The molecule has 0 fully saturated rings. The lowest BCUT2D eigenvalue weighted by Gasteiger charge is -2.09. The second-order valence-corrected chi connectivity index (χ2v) is 2.30. The van der Waals surface area contributed by atoms with Crippen LogP contribution in [0.4, 0.5) is 0 Å². The minimum atomic E-state index is -0.169. The van der Waals surface area contributed by atoms with Crippen LogP contribution in [0, 0.1) is 0 Å². The molecule has 1 heterocycles. The summed E-state index contributed by atoms with van der Waals surface area (Å²) in [6, 6.07) is -0.169. The van der Waals surface area contributed by atoms with Crippen LogP contribution in [0.2, 0.25) is 0 Å². The van der Waals surface area contributed by atoms with Crippen molar-refractivity contribution in [1.82, 2.24) is 5.48 Å². The number of aldehydes is 1. The number of oxime groups is 1. The highest BCUT2D eigenvalue weighted by Crippen LogP contribution is 2.13. The monoisotopic (exact) mass is 150 g/mol. The molecular weight excluding hydrogens is 144 g/mol. The van der Waals surface area contributed by atoms with E-state index in [1.807, 2.05) is 0 Å². The van der Waals surface area contributed by atoms with E-state index in [-0.39, 0.29) is 6.04 Å². The summed E-state index contributed by atoms with van der Waals surface area (Å²) in [5, 5.41) is 3.67. The lowest BCUT2D eigenvalue weighted by atomic mass is 9.99. The van der Waals surface area contributed by atoms with E-state index in [0.717, 1.165) is 12.0 Å². The fourth-order valence-electron chi connectivity index (χ4n) is 1.07. The van der Waals surface area contributed by atoms with E-state index in [2.05, 4.69) is 15.6 Å². The number of allylic oxidation sites excluding steroid dienone is 2. The largest absolute Gasteiger partial charge is 0.298 e. The molecule has 1 atom stereocenters. The van der Waals surface area contributed by atoms with Gasteiger partial charge in [-0.15, -0.1) is 5.48 Å². The van der Waals surface area contributed by atoms with Crippen molar-refractivity contribution in [2.45, 2.75) is 6.04 Å². The van der Waals surface area contributed by atoms with E-state index in [0.29, 0.717) is 5.57 Å². The molecule has 4 nitrogen and oxygen atoms in total. The van der Waals surface area contributed by atoms with Crippen LogP contribution >= 0.6 is 0 Å². The Morgan fingerprint density at radius 3 is 3.45 bits per heavy atom. The Kier molecular flexibility index (Phi) is 1.33. The van der Waals surface area contributed by atoms with Crippen LogP contribution in [0.1, 0.15) is 0 Å². The van der Waals surface area contributed by atoms with Crippen molar-refractivity contribution >= 4 is 12.0 Å². The van der Waals surface area contributed by atoms with Gasteiger partial charge < -0.3 is 0 Å². The second-order valence-electron chi connectivity index (χ2n) is 2.30. The highest BCUT2D eigenvalue weighted by molar-refractivity contribution is 6.07. The Balaban J connectivity index is 2.36. The van der Waals surface area contributed by atoms with Crippen molar-refractivity contribution in [2.75, 3.05) is 0 Å². The molecule has 2 rings (SSSR count). The van der Waals surface area contributed by atoms with Gasteiger partial charge in [0.2, 0.25) is 0 Å². The Labute approximate surface area is 63.2 Å². The molecule has 0 bridgehead atoms. The number of carbonyl (C=O) groups excluding carboxylic acids is 1.